The van der Waals surface area contributed by atoms with Gasteiger partial charge in [-0.15, -0.1) is 5.06 Å². The van der Waals surface area contributed by atoms with Gasteiger partial charge in [0.05, 0.1) is 19.8 Å². The molecule has 0 aromatic carbocycles. The van der Waals surface area contributed by atoms with Crippen LogP contribution in [0.5, 0.6) is 0 Å². The van der Waals surface area contributed by atoms with Crippen LogP contribution in [0.25, 0.3) is 0 Å². The Morgan fingerprint density at radius 3 is 1.86 bits per heavy atom. The van der Waals surface area contributed by atoms with Crippen LogP contribution in [0.2, 0.25) is 0 Å². The van der Waals surface area contributed by atoms with Crippen LogP contribution in [0.3, 0.4) is 0 Å². The number of hydrogen-bond donors (Lipinski definition) is 3. The molecule has 1 unspecified atom stereocenters. The van der Waals surface area contributed by atoms with Crippen molar-refractivity contribution >= 4 is 47.1 Å². The molecule has 1 aliphatic heterocycles. The largest absolute Gasteiger partial charge is 0.380 e. The minimum Gasteiger partial charge on any atom is -0.380 e. The van der Waals surface area contributed by atoms with Gasteiger partial charge in [-0.25, -0.2) is 4.79 Å². The fraction of sp³-hybridized carbons (Fsp3) is 0.714. The summed E-state index contributed by atoms with van der Waals surface area (Å²) in [5.41, 5.74) is -0.992. The van der Waals surface area contributed by atoms with E-state index in [9.17, 15) is 38.4 Å². The monoisotopic (exact) mass is 628 g/mol. The van der Waals surface area contributed by atoms with Crippen LogP contribution in [0.4, 0.5) is 0 Å². The molecule has 0 spiro atoms. The van der Waals surface area contributed by atoms with E-state index in [0.717, 1.165) is 0 Å². The lowest BCUT2D eigenvalue weighted by Crippen LogP contribution is -2.38. The first-order chi connectivity index (χ1) is 20.9. The lowest BCUT2D eigenvalue weighted by molar-refractivity contribution is -0.197. The Labute approximate surface area is 256 Å². The Hall–Kier alpha value is -3.76. The lowest BCUT2D eigenvalue weighted by Gasteiger charge is -2.33. The fourth-order valence-electron chi connectivity index (χ4n) is 4.06. The lowest BCUT2D eigenvalue weighted by atomic mass is 9.80. The zero-order valence-corrected chi connectivity index (χ0v) is 25.7. The molecule has 0 aromatic heterocycles. The van der Waals surface area contributed by atoms with Crippen molar-refractivity contribution in [1.82, 2.24) is 21.0 Å². The third-order valence-corrected chi connectivity index (χ3v) is 6.66. The summed E-state index contributed by atoms with van der Waals surface area (Å²) >= 11 is 0. The first kappa shape index (κ1) is 38.3. The number of carbonyl (C=O) groups is 8. The smallest absolute Gasteiger partial charge is 0.333 e. The van der Waals surface area contributed by atoms with Crippen molar-refractivity contribution in [3.05, 3.63) is 0 Å². The zero-order chi connectivity index (χ0) is 33.0. The molecule has 0 radical (unpaired) electrons. The molecule has 1 atom stereocenters. The topological polar surface area (TPSA) is 213 Å². The number of likely N-dealkylation sites (N-methyl/N-ethyl adjacent to an activating group) is 2. The van der Waals surface area contributed by atoms with Crippen molar-refractivity contribution in [2.24, 2.45) is 5.41 Å². The molecule has 248 valence electrons. The highest BCUT2D eigenvalue weighted by Crippen LogP contribution is 2.30. The summed E-state index contributed by atoms with van der Waals surface area (Å²) in [6, 6.07) is 0. The number of rotatable bonds is 24. The van der Waals surface area contributed by atoms with Crippen molar-refractivity contribution in [3.63, 3.8) is 0 Å². The van der Waals surface area contributed by atoms with Crippen LogP contribution in [-0.4, -0.2) is 113 Å². The summed E-state index contributed by atoms with van der Waals surface area (Å²) in [6.07, 6.45) is -0.127. The van der Waals surface area contributed by atoms with E-state index >= 15 is 0 Å². The molecule has 5 amide bonds. The molecule has 0 aliphatic carbocycles. The molecular formula is C28H44N4O12. The molecular weight excluding hydrogens is 584 g/mol. The van der Waals surface area contributed by atoms with E-state index in [1.165, 1.54) is 21.1 Å². The number of amides is 5. The number of nitrogens with zero attached hydrogens (tertiary/aromatic N) is 1. The minimum atomic E-state index is -0.992. The molecule has 0 bridgehead atoms. The molecule has 16 nitrogen and oxygen atoms in total. The highest BCUT2D eigenvalue weighted by Gasteiger charge is 2.35. The second-order valence-electron chi connectivity index (χ2n) is 10.3. The van der Waals surface area contributed by atoms with Crippen LogP contribution < -0.4 is 16.0 Å². The fourth-order valence-corrected chi connectivity index (χ4v) is 4.06. The molecule has 1 fully saturated rings. The number of carbonyl (C=O) groups excluding carboxylic acids is 8. The van der Waals surface area contributed by atoms with Crippen molar-refractivity contribution in [2.45, 2.75) is 64.2 Å². The number of nitrogens with one attached hydrogen (secondary N) is 3. The third kappa shape index (κ3) is 15.6. The molecule has 0 aromatic rings. The first-order valence-corrected chi connectivity index (χ1v) is 14.4. The summed E-state index contributed by atoms with van der Waals surface area (Å²) in [5.74, 6) is -3.50. The quantitative estimate of drug-likeness (QED) is 0.0879. The van der Waals surface area contributed by atoms with Crippen molar-refractivity contribution < 1.29 is 57.4 Å². The Bertz CT molecular complexity index is 992. The van der Waals surface area contributed by atoms with Crippen molar-refractivity contribution in [3.8, 4) is 0 Å². The SMILES string of the molecule is CNC(=O)CCOCC(CCOCC(=O)NC)(COCC(=O)NC)CC(=O)CCC(=O)CCCC(=O)ON1C(=O)CCC1=O. The average molecular weight is 629 g/mol. The maximum Gasteiger partial charge on any atom is 0.333 e. The van der Waals surface area contributed by atoms with Gasteiger partial charge in [0.1, 0.15) is 24.8 Å². The summed E-state index contributed by atoms with van der Waals surface area (Å²) < 4.78 is 16.8. The van der Waals surface area contributed by atoms with E-state index in [0.29, 0.717) is 5.06 Å². The number of ketones is 2. The number of hydroxylamine groups is 2. The molecule has 1 heterocycles. The Morgan fingerprint density at radius 1 is 0.682 bits per heavy atom. The molecule has 1 aliphatic rings. The van der Waals surface area contributed by atoms with E-state index < -0.39 is 23.2 Å². The molecule has 0 saturated carbocycles. The summed E-state index contributed by atoms with van der Waals surface area (Å²) in [4.78, 5) is 100. The maximum absolute atomic E-state index is 13.1. The van der Waals surface area contributed by atoms with E-state index in [4.69, 9.17) is 19.0 Å². The maximum atomic E-state index is 13.1. The van der Waals surface area contributed by atoms with Gasteiger partial charge in [0, 0.05) is 84.5 Å². The van der Waals surface area contributed by atoms with Gasteiger partial charge in [0.2, 0.25) is 17.7 Å². The first-order valence-electron chi connectivity index (χ1n) is 14.4. The van der Waals surface area contributed by atoms with Gasteiger partial charge >= 0.3 is 5.97 Å². The second kappa shape index (κ2) is 21.0. The highest BCUT2D eigenvalue weighted by molar-refractivity contribution is 6.01. The van der Waals surface area contributed by atoms with Gasteiger partial charge in [-0.05, 0) is 12.8 Å². The van der Waals surface area contributed by atoms with Gasteiger partial charge < -0.3 is 35.0 Å². The van der Waals surface area contributed by atoms with Gasteiger partial charge in [-0.3, -0.25) is 33.6 Å². The molecule has 1 rings (SSSR count). The summed E-state index contributed by atoms with van der Waals surface area (Å²) in [7, 11) is 4.41. The molecule has 3 N–H and O–H groups in total. The Balaban J connectivity index is 2.74. The van der Waals surface area contributed by atoms with Crippen LogP contribution in [0, 0.1) is 5.41 Å². The molecule has 1 saturated heterocycles. The zero-order valence-electron chi connectivity index (χ0n) is 25.7. The average Bonchev–Trinajstić information content (AvgIpc) is 3.31. The summed E-state index contributed by atoms with van der Waals surface area (Å²) in [6.45, 7) is -0.454. The normalized spacial score (nSPS) is 14.1. The van der Waals surface area contributed by atoms with Crippen LogP contribution >= 0.6 is 0 Å². The van der Waals surface area contributed by atoms with E-state index in [-0.39, 0.29) is 133 Å². The van der Waals surface area contributed by atoms with Crippen LogP contribution in [0.15, 0.2) is 0 Å². The predicted octanol–water partition coefficient (Wildman–Crippen LogP) is -0.873. The second-order valence-corrected chi connectivity index (χ2v) is 10.3. The number of hydrogen-bond acceptors (Lipinski definition) is 12. The van der Waals surface area contributed by atoms with E-state index in [1.807, 2.05) is 0 Å². The van der Waals surface area contributed by atoms with Crippen molar-refractivity contribution in [2.75, 3.05) is 60.8 Å². The van der Waals surface area contributed by atoms with Crippen molar-refractivity contribution in [1.29, 1.82) is 0 Å². The predicted molar refractivity (Wildman–Crippen MR) is 151 cm³/mol. The van der Waals surface area contributed by atoms with Crippen LogP contribution in [0.1, 0.15) is 64.2 Å². The van der Waals surface area contributed by atoms with Gasteiger partial charge in [-0.1, -0.05) is 0 Å². The number of ether oxygens (including phenoxy) is 3. The van der Waals surface area contributed by atoms with Gasteiger partial charge in [0.25, 0.3) is 11.8 Å². The molecule has 44 heavy (non-hydrogen) atoms. The van der Waals surface area contributed by atoms with Gasteiger partial charge in [-0.2, -0.15) is 0 Å². The standard InChI is InChI=1S/C28H44N4O12/c1-29-22(35)11-13-42-18-28(19-43-17-24(37)31-3,12-14-41-16-23(36)30-2)15-21(34)8-7-20(33)5-4-6-27(40)44-32-25(38)9-10-26(32)39/h4-19H2,1-3H3,(H,29,35)(H,30,36)(H,31,37). The Morgan fingerprint density at radius 2 is 1.25 bits per heavy atom. The van der Waals surface area contributed by atoms with E-state index in [2.05, 4.69) is 16.0 Å². The van der Waals surface area contributed by atoms with E-state index in [1.54, 1.807) is 0 Å². The Kier molecular flexibility index (Phi) is 18.3. The minimum absolute atomic E-state index is 0.0133. The molecule has 16 heteroatoms. The summed E-state index contributed by atoms with van der Waals surface area (Å²) in [5, 5.41) is 7.81. The van der Waals surface area contributed by atoms with Crippen LogP contribution in [-0.2, 0) is 57.4 Å². The number of Topliss-reactive ketones (excluding diaryl/α,β-unsaturated/α-hetero) is 2. The number of imide groups is 1. The third-order valence-electron chi connectivity index (χ3n) is 6.66. The van der Waals surface area contributed by atoms with Gasteiger partial charge in [0.15, 0.2) is 0 Å². The highest BCUT2D eigenvalue weighted by atomic mass is 16.7.